The van der Waals surface area contributed by atoms with E-state index in [1.807, 2.05) is 0 Å². The van der Waals surface area contributed by atoms with Crippen LogP contribution in [-0.4, -0.2) is 0 Å². The Morgan fingerprint density at radius 2 is 1.39 bits per heavy atom. The molecule has 0 heterocycles. The van der Waals surface area contributed by atoms with Crippen LogP contribution in [0.4, 0.5) is 0 Å². The zero-order valence-corrected chi connectivity index (χ0v) is 20.2. The van der Waals surface area contributed by atoms with Crippen LogP contribution in [0.5, 0.6) is 0 Å². The summed E-state index contributed by atoms with van der Waals surface area (Å²) in [4.78, 5) is 0. The van der Waals surface area contributed by atoms with E-state index in [4.69, 9.17) is 0 Å². The van der Waals surface area contributed by atoms with Gasteiger partial charge >= 0.3 is 0 Å². The minimum absolute atomic E-state index is 0.417. The zero-order valence-electron chi connectivity index (χ0n) is 20.2. The van der Waals surface area contributed by atoms with Crippen LogP contribution in [0, 0.1) is 32.6 Å². The summed E-state index contributed by atoms with van der Waals surface area (Å²) >= 11 is 0. The van der Waals surface area contributed by atoms with Crippen molar-refractivity contribution in [3.05, 3.63) is 112 Å². The van der Waals surface area contributed by atoms with Crippen LogP contribution in [0.1, 0.15) is 47.2 Å². The maximum atomic E-state index is 2.43. The van der Waals surface area contributed by atoms with Gasteiger partial charge in [0.1, 0.15) is 0 Å². The van der Waals surface area contributed by atoms with E-state index in [1.54, 1.807) is 0 Å². The Morgan fingerprint density at radius 1 is 0.758 bits per heavy atom. The highest BCUT2D eigenvalue weighted by atomic mass is 14.4. The molecular weight excluding hydrogens is 396 g/mol. The van der Waals surface area contributed by atoms with Gasteiger partial charge < -0.3 is 0 Å². The van der Waals surface area contributed by atoms with Crippen LogP contribution in [0.25, 0.3) is 38.6 Å². The molecule has 3 aliphatic rings. The first kappa shape index (κ1) is 20.2. The molecule has 0 saturated heterocycles. The second-order valence-electron chi connectivity index (χ2n) is 9.84. The molecule has 0 aromatic heterocycles. The van der Waals surface area contributed by atoms with Crippen LogP contribution >= 0.6 is 0 Å². The molecule has 2 atom stereocenters. The molecule has 0 bridgehead atoms. The lowest BCUT2D eigenvalue weighted by atomic mass is 9.77. The third-order valence-corrected chi connectivity index (χ3v) is 8.01. The predicted molar refractivity (Wildman–Crippen MR) is 144 cm³/mol. The van der Waals surface area contributed by atoms with E-state index in [9.17, 15) is 0 Å². The van der Waals surface area contributed by atoms with Gasteiger partial charge in [0.2, 0.25) is 0 Å². The summed E-state index contributed by atoms with van der Waals surface area (Å²) in [5.74, 6) is 0.854. The molecule has 2 unspecified atom stereocenters. The third-order valence-electron chi connectivity index (χ3n) is 8.01. The lowest BCUT2D eigenvalue weighted by Crippen LogP contribution is -2.14. The van der Waals surface area contributed by atoms with E-state index in [1.165, 1.54) is 72.0 Å². The van der Waals surface area contributed by atoms with Gasteiger partial charge in [0.25, 0.3) is 0 Å². The number of fused-ring (bicyclic) bond motifs is 4. The van der Waals surface area contributed by atoms with Crippen LogP contribution in [0.15, 0.2) is 78.9 Å². The highest BCUT2D eigenvalue weighted by Crippen LogP contribution is 2.59. The minimum atomic E-state index is 0.417. The Balaban J connectivity index is 1.90. The summed E-state index contributed by atoms with van der Waals surface area (Å²) in [5, 5.41) is 2.76. The fourth-order valence-corrected chi connectivity index (χ4v) is 6.14. The normalized spacial score (nSPS) is 20.6. The SMILES string of the molecule is CC=C(C)c1c2c(c(-c3ccccc3C)c3cc(C)c(C)cc13)C1=CC=CC3C=CC=C2C13. The van der Waals surface area contributed by atoms with Crippen molar-refractivity contribution in [2.45, 2.75) is 34.6 Å². The molecule has 0 spiro atoms. The number of aryl methyl sites for hydroxylation is 3. The summed E-state index contributed by atoms with van der Waals surface area (Å²) in [7, 11) is 0. The standard InChI is InChI=1S/C33H30/c1-6-19(2)29-27-17-21(4)22(5)18-28(27)31(24-14-8-7-11-20(24)3)33-26-16-10-13-23-12-9-15-25(30(23)26)32(29)33/h6-18,23,30H,1-5H3. The maximum absolute atomic E-state index is 2.43. The van der Waals surface area contributed by atoms with Crippen molar-refractivity contribution in [3.8, 4) is 11.1 Å². The number of hydrogen-bond donors (Lipinski definition) is 0. The van der Waals surface area contributed by atoms with Gasteiger partial charge in [-0.15, -0.1) is 0 Å². The van der Waals surface area contributed by atoms with Crippen molar-refractivity contribution in [2.75, 3.05) is 0 Å². The molecular formula is C33H30. The molecule has 3 aromatic rings. The van der Waals surface area contributed by atoms with Gasteiger partial charge in [-0.2, -0.15) is 0 Å². The van der Waals surface area contributed by atoms with Crippen molar-refractivity contribution < 1.29 is 0 Å². The summed E-state index contributed by atoms with van der Waals surface area (Å²) in [6.07, 6.45) is 16.3. The average Bonchev–Trinajstić information content (AvgIpc) is 3.15. The molecule has 3 aromatic carbocycles. The number of hydrogen-bond acceptors (Lipinski definition) is 0. The van der Waals surface area contributed by atoms with Crippen LogP contribution in [-0.2, 0) is 0 Å². The van der Waals surface area contributed by atoms with Crippen molar-refractivity contribution in [1.82, 2.24) is 0 Å². The fourth-order valence-electron chi connectivity index (χ4n) is 6.14. The quantitative estimate of drug-likeness (QED) is 0.383. The van der Waals surface area contributed by atoms with Crippen LogP contribution < -0.4 is 0 Å². The number of benzene rings is 3. The second-order valence-corrected chi connectivity index (χ2v) is 9.84. The lowest BCUT2D eigenvalue weighted by Gasteiger charge is -2.26. The van der Waals surface area contributed by atoms with Crippen molar-refractivity contribution in [2.24, 2.45) is 11.8 Å². The van der Waals surface area contributed by atoms with E-state index in [0.29, 0.717) is 11.8 Å². The lowest BCUT2D eigenvalue weighted by molar-refractivity contribution is 0.707. The molecule has 0 N–H and O–H groups in total. The molecule has 0 heteroatoms. The molecule has 6 rings (SSSR count). The van der Waals surface area contributed by atoms with Gasteiger partial charge in [-0.3, -0.25) is 0 Å². The monoisotopic (exact) mass is 426 g/mol. The fraction of sp³-hybridized carbons (Fsp3) is 0.212. The first-order valence-corrected chi connectivity index (χ1v) is 12.1. The van der Waals surface area contributed by atoms with Crippen molar-refractivity contribution >= 4 is 27.5 Å². The second kappa shape index (κ2) is 7.32. The Labute approximate surface area is 197 Å². The molecule has 0 fully saturated rings. The minimum Gasteiger partial charge on any atom is -0.0841 e. The molecule has 162 valence electrons. The average molecular weight is 427 g/mol. The Kier molecular flexibility index (Phi) is 4.49. The smallest absolute Gasteiger partial charge is 0.0200 e. The van der Waals surface area contributed by atoms with Crippen molar-refractivity contribution in [3.63, 3.8) is 0 Å². The van der Waals surface area contributed by atoms with Gasteiger partial charge in [0.05, 0.1) is 0 Å². The molecule has 0 nitrogen and oxygen atoms in total. The topological polar surface area (TPSA) is 0 Å². The predicted octanol–water partition coefficient (Wildman–Crippen LogP) is 9.01. The van der Waals surface area contributed by atoms with Gasteiger partial charge in [-0.1, -0.05) is 78.9 Å². The van der Waals surface area contributed by atoms with Gasteiger partial charge in [0.15, 0.2) is 0 Å². The first-order chi connectivity index (χ1) is 16.0. The summed E-state index contributed by atoms with van der Waals surface area (Å²) in [6, 6.07) is 13.8. The molecule has 3 aliphatic carbocycles. The van der Waals surface area contributed by atoms with E-state index in [0.717, 1.165) is 0 Å². The first-order valence-electron chi connectivity index (χ1n) is 12.1. The maximum Gasteiger partial charge on any atom is 0.0200 e. The van der Waals surface area contributed by atoms with Gasteiger partial charge in [-0.05, 0) is 107 Å². The summed E-state index contributed by atoms with van der Waals surface area (Å²) in [6.45, 7) is 11.2. The van der Waals surface area contributed by atoms with Crippen LogP contribution in [0.3, 0.4) is 0 Å². The summed E-state index contributed by atoms with van der Waals surface area (Å²) < 4.78 is 0. The Hall–Kier alpha value is -3.38. The van der Waals surface area contributed by atoms with Crippen molar-refractivity contribution in [1.29, 1.82) is 0 Å². The highest BCUT2D eigenvalue weighted by Gasteiger charge is 2.41. The molecule has 0 radical (unpaired) electrons. The largest absolute Gasteiger partial charge is 0.0841 e. The van der Waals surface area contributed by atoms with E-state index in [2.05, 4.69) is 114 Å². The third kappa shape index (κ3) is 2.77. The van der Waals surface area contributed by atoms with E-state index in [-0.39, 0.29) is 0 Å². The van der Waals surface area contributed by atoms with E-state index >= 15 is 0 Å². The summed E-state index contributed by atoms with van der Waals surface area (Å²) in [5.41, 5.74) is 15.4. The number of rotatable bonds is 2. The van der Waals surface area contributed by atoms with Gasteiger partial charge in [0, 0.05) is 11.8 Å². The Bertz CT molecular complexity index is 1500. The molecule has 0 aliphatic heterocycles. The Morgan fingerprint density at radius 3 is 2.06 bits per heavy atom. The highest BCUT2D eigenvalue weighted by molar-refractivity contribution is 6.16. The molecule has 33 heavy (non-hydrogen) atoms. The molecule has 0 saturated carbocycles. The van der Waals surface area contributed by atoms with Crippen LogP contribution in [0.2, 0.25) is 0 Å². The molecule has 0 amide bonds. The van der Waals surface area contributed by atoms with Gasteiger partial charge in [-0.25, -0.2) is 0 Å². The number of allylic oxidation sites excluding steroid dienone is 10. The zero-order chi connectivity index (χ0) is 22.9. The van der Waals surface area contributed by atoms with E-state index < -0.39 is 0 Å².